The van der Waals surface area contributed by atoms with Crippen LogP contribution >= 0.6 is 0 Å². The summed E-state index contributed by atoms with van der Waals surface area (Å²) < 4.78 is 0. The lowest BCUT2D eigenvalue weighted by Crippen LogP contribution is -2.16. The van der Waals surface area contributed by atoms with E-state index in [0.717, 1.165) is 0 Å². The molecule has 9 rings (SSSR count). The largest absolute Gasteiger partial charge is 0.0654 e. The Hall–Kier alpha value is -5.72. The predicted octanol–water partition coefficient (Wildman–Crippen LogP) is 17.2. The van der Waals surface area contributed by atoms with Crippen molar-refractivity contribution < 1.29 is 0 Å². The first kappa shape index (κ1) is 40.7. The molecule has 8 aromatic rings. The molecule has 1 radical (unpaired) electrons. The van der Waals surface area contributed by atoms with Crippen molar-refractivity contribution in [3.63, 3.8) is 0 Å². The Balaban J connectivity index is 1.30. The second-order valence-corrected chi connectivity index (χ2v) is 21.7. The molecule has 1 aliphatic carbocycles. The lowest BCUT2D eigenvalue weighted by atomic mass is 9.76. The van der Waals surface area contributed by atoms with Gasteiger partial charge in [-0.3, -0.25) is 0 Å². The van der Waals surface area contributed by atoms with E-state index in [1.165, 1.54) is 111 Å². The molecule has 0 heteroatoms. The zero-order valence-corrected chi connectivity index (χ0v) is 38.4. The molecule has 0 aromatic heterocycles. The van der Waals surface area contributed by atoms with Gasteiger partial charge in [-0.15, -0.1) is 0 Å². The molecule has 0 saturated carbocycles. The van der Waals surface area contributed by atoms with Crippen LogP contribution < -0.4 is 0 Å². The van der Waals surface area contributed by atoms with Crippen molar-refractivity contribution in [2.45, 2.75) is 105 Å². The van der Waals surface area contributed by atoms with Crippen LogP contribution in [0.15, 0.2) is 152 Å². The number of benzene rings is 8. The third-order valence-corrected chi connectivity index (χ3v) is 13.2. The minimum Gasteiger partial charge on any atom is -0.0616 e. The monoisotopic (exact) mass is 793 g/mol. The fourth-order valence-electron chi connectivity index (χ4n) is 9.42. The smallest absolute Gasteiger partial charge is 0.0616 e. The Bertz CT molecular complexity index is 2760. The van der Waals surface area contributed by atoms with E-state index in [-0.39, 0.29) is 21.7 Å². The summed E-state index contributed by atoms with van der Waals surface area (Å²) in [6.45, 7) is 27.7. The van der Waals surface area contributed by atoms with Gasteiger partial charge in [0.05, 0.1) is 5.92 Å². The summed E-state index contributed by atoms with van der Waals surface area (Å²) in [5, 5.41) is 5.14. The molecule has 61 heavy (non-hydrogen) atoms. The second-order valence-electron chi connectivity index (χ2n) is 21.7. The average molecular weight is 794 g/mol. The highest BCUT2D eigenvalue weighted by Crippen LogP contribution is 2.54. The minimum absolute atomic E-state index is 0.00957. The van der Waals surface area contributed by atoms with Gasteiger partial charge in [0.1, 0.15) is 0 Å². The van der Waals surface area contributed by atoms with Crippen LogP contribution in [0.5, 0.6) is 0 Å². The Kier molecular flexibility index (Phi) is 9.63. The molecule has 305 valence electrons. The van der Waals surface area contributed by atoms with E-state index < -0.39 is 0 Å². The highest BCUT2D eigenvalue weighted by atomic mass is 14.4. The molecule has 1 aliphatic rings. The summed E-state index contributed by atoms with van der Waals surface area (Å²) >= 11 is 0. The summed E-state index contributed by atoms with van der Waals surface area (Å²) in [4.78, 5) is 0. The molecular formula is C61H61. The summed E-state index contributed by atoms with van der Waals surface area (Å²) in [7, 11) is 0. The Morgan fingerprint density at radius 1 is 0.246 bits per heavy atom. The standard InChI is InChI=1S/C61H61/c1-58(2,3)43-27-21-38(22-28-43)40-25-31-51-53(35-40)54-36-41(39-23-29-44(30-24-39)59(4,5)6)26-32-52(54)57(51)56-49-19-15-13-17-47(49)55(48-18-14-16-20-50(48)56)42-33-45(60(7,8)9)37-46(34-42)61(10,11)12/h13-37H,1-12H3. The normalized spacial score (nSPS) is 13.5. The first-order chi connectivity index (χ1) is 28.8. The van der Waals surface area contributed by atoms with Gasteiger partial charge in [0.2, 0.25) is 0 Å². The van der Waals surface area contributed by atoms with Crippen molar-refractivity contribution in [1.82, 2.24) is 0 Å². The SMILES string of the molecule is CC(C)(C)c1ccc(-c2ccc3c(c2)-c2cc(-c4ccc(C(C)(C)C)cc4)ccc2[C]3c2c3ccccc3c(-c3cc(C(C)(C)C)cc(C(C)(C)C)c3)c3ccccc23)cc1. The van der Waals surface area contributed by atoms with Gasteiger partial charge in [-0.2, -0.15) is 0 Å². The maximum atomic E-state index is 2.46. The molecule has 0 amide bonds. The van der Waals surface area contributed by atoms with Crippen molar-refractivity contribution in [3.8, 4) is 44.5 Å². The van der Waals surface area contributed by atoms with Gasteiger partial charge in [0, 0.05) is 0 Å². The molecule has 0 bridgehead atoms. The molecule has 0 unspecified atom stereocenters. The van der Waals surface area contributed by atoms with Crippen molar-refractivity contribution >= 4 is 21.5 Å². The zero-order chi connectivity index (χ0) is 43.2. The van der Waals surface area contributed by atoms with E-state index in [2.05, 4.69) is 235 Å². The zero-order valence-electron chi connectivity index (χ0n) is 38.4. The van der Waals surface area contributed by atoms with Crippen LogP contribution in [0, 0.1) is 5.92 Å². The maximum Gasteiger partial charge on any atom is 0.0654 e. The van der Waals surface area contributed by atoms with Crippen molar-refractivity contribution in [2.75, 3.05) is 0 Å². The van der Waals surface area contributed by atoms with Gasteiger partial charge < -0.3 is 0 Å². The summed E-state index contributed by atoms with van der Waals surface area (Å²) in [6.07, 6.45) is 0. The molecule has 0 heterocycles. The molecule has 8 aromatic carbocycles. The molecular weight excluding hydrogens is 733 g/mol. The molecule has 0 fully saturated rings. The van der Waals surface area contributed by atoms with Gasteiger partial charge >= 0.3 is 0 Å². The van der Waals surface area contributed by atoms with Gasteiger partial charge in [0.15, 0.2) is 0 Å². The third kappa shape index (κ3) is 7.33. The highest BCUT2D eigenvalue weighted by Gasteiger charge is 2.35. The summed E-state index contributed by atoms with van der Waals surface area (Å²) in [6, 6.07) is 58.5. The number of hydrogen-bond donors (Lipinski definition) is 0. The van der Waals surface area contributed by atoms with Gasteiger partial charge in [-0.1, -0.05) is 223 Å². The summed E-state index contributed by atoms with van der Waals surface area (Å²) in [5.41, 5.74) is 19.7. The maximum absolute atomic E-state index is 2.46. The lowest BCUT2D eigenvalue weighted by Gasteiger charge is -2.27. The van der Waals surface area contributed by atoms with Crippen molar-refractivity contribution in [2.24, 2.45) is 0 Å². The number of rotatable bonds is 4. The van der Waals surface area contributed by atoms with E-state index in [1.807, 2.05) is 0 Å². The number of fused-ring (bicyclic) bond motifs is 5. The van der Waals surface area contributed by atoms with Crippen molar-refractivity contribution in [1.29, 1.82) is 0 Å². The molecule has 0 saturated heterocycles. The molecule has 0 aliphatic heterocycles. The number of hydrogen-bond acceptors (Lipinski definition) is 0. The molecule has 0 atom stereocenters. The Morgan fingerprint density at radius 2 is 0.574 bits per heavy atom. The molecule has 0 N–H and O–H groups in total. The quantitative estimate of drug-likeness (QED) is 0.156. The van der Waals surface area contributed by atoms with E-state index in [4.69, 9.17) is 0 Å². The van der Waals surface area contributed by atoms with Crippen LogP contribution in [0.1, 0.15) is 122 Å². The Morgan fingerprint density at radius 3 is 0.918 bits per heavy atom. The fourth-order valence-corrected chi connectivity index (χ4v) is 9.42. The van der Waals surface area contributed by atoms with E-state index in [0.29, 0.717) is 0 Å². The van der Waals surface area contributed by atoms with Gasteiger partial charge in [-0.05, 0) is 139 Å². The first-order valence-electron chi connectivity index (χ1n) is 22.3. The van der Waals surface area contributed by atoms with Crippen LogP contribution in [-0.2, 0) is 21.7 Å². The molecule has 0 nitrogen and oxygen atoms in total. The second kappa shape index (κ2) is 14.4. The van der Waals surface area contributed by atoms with Crippen LogP contribution in [0.4, 0.5) is 0 Å². The van der Waals surface area contributed by atoms with Crippen molar-refractivity contribution in [3.05, 3.63) is 197 Å². The van der Waals surface area contributed by atoms with Gasteiger partial charge in [0.25, 0.3) is 0 Å². The molecule has 0 spiro atoms. The average Bonchev–Trinajstić information content (AvgIpc) is 3.54. The van der Waals surface area contributed by atoms with Gasteiger partial charge in [-0.25, -0.2) is 0 Å². The van der Waals surface area contributed by atoms with Crippen LogP contribution in [-0.4, -0.2) is 0 Å². The predicted molar refractivity (Wildman–Crippen MR) is 265 cm³/mol. The van der Waals surface area contributed by atoms with Crippen LogP contribution in [0.2, 0.25) is 0 Å². The van der Waals surface area contributed by atoms with E-state index in [1.54, 1.807) is 0 Å². The first-order valence-corrected chi connectivity index (χ1v) is 22.3. The third-order valence-electron chi connectivity index (χ3n) is 13.2. The minimum atomic E-state index is 0.00957. The lowest BCUT2D eigenvalue weighted by molar-refractivity contribution is 0.569. The van der Waals surface area contributed by atoms with Crippen LogP contribution in [0.25, 0.3) is 66.1 Å². The highest BCUT2D eigenvalue weighted by molar-refractivity contribution is 6.17. The summed E-state index contributed by atoms with van der Waals surface area (Å²) in [5.74, 6) is 1.31. The fraction of sp³-hybridized carbons (Fsp3) is 0.262. The topological polar surface area (TPSA) is 0 Å². The van der Waals surface area contributed by atoms with E-state index in [9.17, 15) is 0 Å². The Labute approximate surface area is 365 Å². The van der Waals surface area contributed by atoms with Crippen LogP contribution in [0.3, 0.4) is 0 Å². The van der Waals surface area contributed by atoms with E-state index >= 15 is 0 Å².